The summed E-state index contributed by atoms with van der Waals surface area (Å²) in [5.74, 6) is 1.22. The molecule has 0 atom stereocenters. The van der Waals surface area contributed by atoms with Crippen LogP contribution in [0, 0.1) is 5.92 Å². The molecule has 0 saturated carbocycles. The van der Waals surface area contributed by atoms with Crippen LogP contribution in [0.3, 0.4) is 0 Å². The monoisotopic (exact) mass is 386 g/mol. The third kappa shape index (κ3) is 5.37. The first kappa shape index (κ1) is 22.0. The number of carbonyl (C=O) groups is 1. The maximum Gasteiger partial charge on any atom is 0.254 e. The molecular weight excluding hydrogens is 352 g/mol. The van der Waals surface area contributed by atoms with Gasteiger partial charge in [0, 0.05) is 24.7 Å². The highest BCUT2D eigenvalue weighted by Gasteiger charge is 2.17. The van der Waals surface area contributed by atoms with E-state index in [0.29, 0.717) is 18.1 Å². The van der Waals surface area contributed by atoms with Crippen LogP contribution < -0.4 is 10.3 Å². The molecule has 0 bridgehead atoms. The predicted octanol–water partition coefficient (Wildman–Crippen LogP) is 4.25. The Morgan fingerprint density at radius 2 is 1.93 bits per heavy atom. The molecule has 0 radical (unpaired) electrons. The summed E-state index contributed by atoms with van der Waals surface area (Å²) in [4.78, 5) is 28.0. The van der Waals surface area contributed by atoms with Crippen molar-refractivity contribution in [1.29, 1.82) is 0 Å². The van der Waals surface area contributed by atoms with Gasteiger partial charge in [0.1, 0.15) is 12.3 Å². The zero-order valence-corrected chi connectivity index (χ0v) is 18.0. The fourth-order valence-corrected chi connectivity index (χ4v) is 3.31. The molecule has 5 nitrogen and oxygen atoms in total. The normalized spacial score (nSPS) is 11.2. The number of hydrogen-bond acceptors (Lipinski definition) is 3. The lowest BCUT2D eigenvalue weighted by Crippen LogP contribution is -2.38. The van der Waals surface area contributed by atoms with E-state index < -0.39 is 0 Å². The van der Waals surface area contributed by atoms with E-state index in [-0.39, 0.29) is 18.0 Å². The first-order chi connectivity index (χ1) is 13.4. The van der Waals surface area contributed by atoms with Crippen molar-refractivity contribution in [2.24, 2.45) is 5.92 Å². The minimum Gasteiger partial charge on any atom is -0.497 e. The molecule has 1 heterocycles. The molecule has 0 aliphatic heterocycles. The highest BCUT2D eigenvalue weighted by Crippen LogP contribution is 2.21. The van der Waals surface area contributed by atoms with Crippen LogP contribution in [0.15, 0.2) is 29.1 Å². The van der Waals surface area contributed by atoms with Gasteiger partial charge < -0.3 is 9.64 Å². The molecule has 2 rings (SSSR count). The van der Waals surface area contributed by atoms with Gasteiger partial charge in [0.05, 0.1) is 12.6 Å². The van der Waals surface area contributed by atoms with Gasteiger partial charge in [-0.2, -0.15) is 0 Å². The number of ether oxygens (including phenoxy) is 1. The Morgan fingerprint density at radius 1 is 1.18 bits per heavy atom. The molecule has 0 unspecified atom stereocenters. The SMILES string of the molecule is CCCCN(CCC(C)C)C(=O)Cn1c(=O)c(CC)cc2ccc(OC)cc21. The van der Waals surface area contributed by atoms with Crippen molar-refractivity contribution in [3.05, 3.63) is 40.2 Å². The van der Waals surface area contributed by atoms with Crippen molar-refractivity contribution < 1.29 is 9.53 Å². The van der Waals surface area contributed by atoms with E-state index in [9.17, 15) is 9.59 Å². The number of pyridine rings is 1. The molecule has 1 amide bonds. The second kappa shape index (κ2) is 10.3. The van der Waals surface area contributed by atoms with Crippen molar-refractivity contribution in [2.75, 3.05) is 20.2 Å². The standard InChI is InChI=1S/C23H34N2O3/c1-6-8-12-24(13-11-17(3)4)22(26)16-25-21-15-20(28-5)10-9-19(21)14-18(7-2)23(25)27/h9-10,14-15,17H,6-8,11-13,16H2,1-5H3. The number of aryl methyl sites for hydroxylation is 1. The van der Waals surface area contributed by atoms with Crippen LogP contribution in [-0.2, 0) is 17.8 Å². The summed E-state index contributed by atoms with van der Waals surface area (Å²) in [6.07, 6.45) is 3.62. The number of benzene rings is 1. The second-order valence-corrected chi connectivity index (χ2v) is 7.76. The van der Waals surface area contributed by atoms with Gasteiger partial charge in [-0.25, -0.2) is 0 Å². The average molecular weight is 387 g/mol. The van der Waals surface area contributed by atoms with E-state index in [1.165, 1.54) is 0 Å². The summed E-state index contributed by atoms with van der Waals surface area (Å²) < 4.78 is 6.95. The van der Waals surface area contributed by atoms with Gasteiger partial charge in [-0.15, -0.1) is 0 Å². The fourth-order valence-electron chi connectivity index (χ4n) is 3.31. The first-order valence-electron chi connectivity index (χ1n) is 10.4. The van der Waals surface area contributed by atoms with Crippen molar-refractivity contribution in [3.8, 4) is 5.75 Å². The van der Waals surface area contributed by atoms with Crippen LogP contribution in [0.2, 0.25) is 0 Å². The van der Waals surface area contributed by atoms with Crippen molar-refractivity contribution >= 4 is 16.8 Å². The molecule has 0 saturated heterocycles. The molecule has 0 aliphatic carbocycles. The summed E-state index contributed by atoms with van der Waals surface area (Å²) in [7, 11) is 1.60. The number of nitrogens with zero attached hydrogens (tertiary/aromatic N) is 2. The van der Waals surface area contributed by atoms with Gasteiger partial charge >= 0.3 is 0 Å². The van der Waals surface area contributed by atoms with Gasteiger partial charge in [0.15, 0.2) is 0 Å². The number of fused-ring (bicyclic) bond motifs is 1. The minimum atomic E-state index is -0.0871. The smallest absolute Gasteiger partial charge is 0.254 e. The number of carbonyl (C=O) groups excluding carboxylic acids is 1. The first-order valence-corrected chi connectivity index (χ1v) is 10.4. The van der Waals surface area contributed by atoms with Gasteiger partial charge in [-0.3, -0.25) is 14.2 Å². The molecule has 0 fully saturated rings. The minimum absolute atomic E-state index is 0.00794. The predicted molar refractivity (Wildman–Crippen MR) is 115 cm³/mol. The third-order valence-electron chi connectivity index (χ3n) is 5.16. The Bertz CT molecular complexity index is 855. The van der Waals surface area contributed by atoms with E-state index in [2.05, 4.69) is 20.8 Å². The topological polar surface area (TPSA) is 51.5 Å². The highest BCUT2D eigenvalue weighted by atomic mass is 16.5. The Balaban J connectivity index is 2.42. The molecule has 154 valence electrons. The Hall–Kier alpha value is -2.30. The molecule has 2 aromatic rings. The van der Waals surface area contributed by atoms with Gasteiger partial charge in [-0.1, -0.05) is 34.1 Å². The summed E-state index contributed by atoms with van der Waals surface area (Å²) in [5, 5.41) is 0.951. The van der Waals surface area contributed by atoms with Gasteiger partial charge in [0.25, 0.3) is 5.56 Å². The van der Waals surface area contributed by atoms with E-state index >= 15 is 0 Å². The lowest BCUT2D eigenvalue weighted by molar-refractivity contribution is -0.132. The number of rotatable bonds is 10. The van der Waals surface area contributed by atoms with Crippen molar-refractivity contribution in [3.63, 3.8) is 0 Å². The zero-order valence-electron chi connectivity index (χ0n) is 18.0. The highest BCUT2D eigenvalue weighted by molar-refractivity contribution is 5.84. The zero-order chi connectivity index (χ0) is 20.7. The molecule has 5 heteroatoms. The molecule has 1 aromatic heterocycles. The Morgan fingerprint density at radius 3 is 2.54 bits per heavy atom. The van der Waals surface area contributed by atoms with Gasteiger partial charge in [-0.05, 0) is 48.8 Å². The lowest BCUT2D eigenvalue weighted by Gasteiger charge is -2.24. The molecule has 0 aliphatic rings. The van der Waals surface area contributed by atoms with E-state index in [4.69, 9.17) is 4.74 Å². The number of unbranched alkanes of at least 4 members (excludes halogenated alkanes) is 1. The summed E-state index contributed by atoms with van der Waals surface area (Å²) in [6, 6.07) is 7.59. The maximum absolute atomic E-state index is 13.1. The van der Waals surface area contributed by atoms with E-state index in [0.717, 1.165) is 48.8 Å². The summed E-state index contributed by atoms with van der Waals surface area (Å²) in [6.45, 7) is 9.97. The quantitative estimate of drug-likeness (QED) is 0.613. The van der Waals surface area contributed by atoms with E-state index in [1.54, 1.807) is 11.7 Å². The van der Waals surface area contributed by atoms with Crippen LogP contribution in [0.1, 0.15) is 52.5 Å². The van der Waals surface area contributed by atoms with Crippen LogP contribution in [0.25, 0.3) is 10.9 Å². The number of aromatic nitrogens is 1. The lowest BCUT2D eigenvalue weighted by atomic mass is 10.1. The molecule has 28 heavy (non-hydrogen) atoms. The van der Waals surface area contributed by atoms with Crippen LogP contribution >= 0.6 is 0 Å². The van der Waals surface area contributed by atoms with Crippen LogP contribution in [0.5, 0.6) is 5.75 Å². The number of hydrogen-bond donors (Lipinski definition) is 0. The molecule has 0 N–H and O–H groups in total. The fraction of sp³-hybridized carbons (Fsp3) is 0.565. The van der Waals surface area contributed by atoms with E-state index in [1.807, 2.05) is 36.1 Å². The number of methoxy groups -OCH3 is 1. The maximum atomic E-state index is 13.1. The Labute approximate surface area is 168 Å². The summed E-state index contributed by atoms with van der Waals surface area (Å²) in [5.41, 5.74) is 1.39. The largest absolute Gasteiger partial charge is 0.497 e. The van der Waals surface area contributed by atoms with Crippen LogP contribution in [-0.4, -0.2) is 35.6 Å². The van der Waals surface area contributed by atoms with Crippen molar-refractivity contribution in [2.45, 2.75) is 59.9 Å². The Kier molecular flexibility index (Phi) is 8.09. The third-order valence-corrected chi connectivity index (χ3v) is 5.16. The van der Waals surface area contributed by atoms with Crippen molar-refractivity contribution in [1.82, 2.24) is 9.47 Å². The molecular formula is C23H34N2O3. The molecule has 0 spiro atoms. The number of amides is 1. The summed E-state index contributed by atoms with van der Waals surface area (Å²) >= 11 is 0. The molecule has 1 aromatic carbocycles. The second-order valence-electron chi connectivity index (χ2n) is 7.76. The van der Waals surface area contributed by atoms with Crippen LogP contribution in [0.4, 0.5) is 0 Å². The van der Waals surface area contributed by atoms with Gasteiger partial charge in [0.2, 0.25) is 5.91 Å². The average Bonchev–Trinajstić information content (AvgIpc) is 2.69.